The maximum atomic E-state index is 11.9. The molecule has 1 aromatic carbocycles. The summed E-state index contributed by atoms with van der Waals surface area (Å²) in [5, 5.41) is 38.2. The van der Waals surface area contributed by atoms with Crippen LogP contribution in [0.15, 0.2) is 24.3 Å². The second-order valence-electron chi connectivity index (χ2n) is 7.47. The SMILES string of the molecule is C#CCCCCNC(=O)Nc1ccc(OC2O[C@H](CNC(=O)NS(C)=O)[C@@H](O)[C@H](O)[C@@H]2O)cc1. The highest BCUT2D eigenvalue weighted by Crippen LogP contribution is 2.25. The minimum Gasteiger partial charge on any atom is -0.462 e. The number of hydrogen-bond donors (Lipinski definition) is 7. The molecule has 4 amide bonds. The lowest BCUT2D eigenvalue weighted by atomic mass is 9.99. The van der Waals surface area contributed by atoms with Crippen LogP contribution < -0.4 is 25.4 Å². The Bertz CT molecular complexity index is 879. The number of urea groups is 2. The smallest absolute Gasteiger partial charge is 0.326 e. The molecule has 1 aliphatic heterocycles. The molecule has 1 aliphatic rings. The van der Waals surface area contributed by atoms with Gasteiger partial charge in [-0.2, -0.15) is 0 Å². The highest BCUT2D eigenvalue weighted by molar-refractivity contribution is 7.82. The molecule has 1 fully saturated rings. The number of rotatable bonds is 10. The number of aliphatic hydroxyl groups is 3. The monoisotopic (exact) mass is 498 g/mol. The van der Waals surface area contributed by atoms with Crippen molar-refractivity contribution in [2.75, 3.05) is 24.7 Å². The number of terminal acetylenes is 1. The predicted molar refractivity (Wildman–Crippen MR) is 124 cm³/mol. The summed E-state index contributed by atoms with van der Waals surface area (Å²) in [6.07, 6.45) is 1.58. The number of carbonyl (C=O) groups excluding carboxylic acids is 2. The van der Waals surface area contributed by atoms with Crippen molar-refractivity contribution in [3.05, 3.63) is 24.3 Å². The van der Waals surface area contributed by atoms with Crippen molar-refractivity contribution in [2.45, 2.75) is 50.0 Å². The Kier molecular flexibility index (Phi) is 11.0. The van der Waals surface area contributed by atoms with Crippen LogP contribution in [0, 0.1) is 12.3 Å². The van der Waals surface area contributed by atoms with Crippen LogP contribution in [0.25, 0.3) is 0 Å². The number of anilines is 1. The van der Waals surface area contributed by atoms with Gasteiger partial charge >= 0.3 is 12.1 Å². The molecular weight excluding hydrogens is 468 g/mol. The van der Waals surface area contributed by atoms with Crippen LogP contribution in [0.5, 0.6) is 5.75 Å². The highest BCUT2D eigenvalue weighted by Gasteiger charge is 2.45. The van der Waals surface area contributed by atoms with Gasteiger partial charge in [0.2, 0.25) is 6.29 Å². The van der Waals surface area contributed by atoms with Gasteiger partial charge < -0.3 is 40.7 Å². The average Bonchev–Trinajstić information content (AvgIpc) is 2.79. The molecule has 34 heavy (non-hydrogen) atoms. The fourth-order valence-corrected chi connectivity index (χ4v) is 3.36. The lowest BCUT2D eigenvalue weighted by Gasteiger charge is -2.40. The summed E-state index contributed by atoms with van der Waals surface area (Å²) in [6.45, 7) is 0.252. The molecule has 0 radical (unpaired) electrons. The summed E-state index contributed by atoms with van der Waals surface area (Å²) in [6, 6.07) is 5.06. The number of carbonyl (C=O) groups is 2. The number of aliphatic hydroxyl groups excluding tert-OH is 3. The van der Waals surface area contributed by atoms with E-state index >= 15 is 0 Å². The highest BCUT2D eigenvalue weighted by atomic mass is 32.2. The third-order valence-electron chi connectivity index (χ3n) is 4.77. The Morgan fingerprint density at radius 3 is 2.44 bits per heavy atom. The lowest BCUT2D eigenvalue weighted by Crippen LogP contribution is -2.61. The van der Waals surface area contributed by atoms with Gasteiger partial charge in [-0.15, -0.1) is 12.3 Å². The zero-order valence-corrected chi connectivity index (χ0v) is 19.4. The third kappa shape index (κ3) is 8.81. The Labute approximate surface area is 200 Å². The number of ether oxygens (including phenoxy) is 2. The van der Waals surface area contributed by atoms with E-state index in [4.69, 9.17) is 15.9 Å². The molecule has 7 N–H and O–H groups in total. The molecule has 0 saturated carbocycles. The number of amides is 4. The van der Waals surface area contributed by atoms with Crippen molar-refractivity contribution in [2.24, 2.45) is 0 Å². The van der Waals surface area contributed by atoms with E-state index in [2.05, 4.69) is 26.6 Å². The molecule has 6 atom stereocenters. The van der Waals surface area contributed by atoms with Gasteiger partial charge in [0.05, 0.1) is 0 Å². The van der Waals surface area contributed by atoms with E-state index in [1.165, 1.54) is 18.4 Å². The van der Waals surface area contributed by atoms with E-state index in [9.17, 15) is 29.1 Å². The molecule has 12 nitrogen and oxygen atoms in total. The molecule has 1 heterocycles. The van der Waals surface area contributed by atoms with E-state index in [1.54, 1.807) is 12.1 Å². The summed E-state index contributed by atoms with van der Waals surface area (Å²) in [5.41, 5.74) is 0.496. The van der Waals surface area contributed by atoms with Crippen LogP contribution in [-0.2, 0) is 15.7 Å². The molecule has 13 heteroatoms. The first kappa shape index (κ1) is 27.4. The molecule has 0 aromatic heterocycles. The lowest BCUT2D eigenvalue weighted by molar-refractivity contribution is -0.270. The van der Waals surface area contributed by atoms with E-state index < -0.39 is 47.7 Å². The van der Waals surface area contributed by atoms with Crippen LogP contribution in [-0.4, -0.2) is 81.6 Å². The van der Waals surface area contributed by atoms with Gasteiger partial charge in [0.1, 0.15) is 41.2 Å². The topological polar surface area (TPSA) is 178 Å². The molecule has 188 valence electrons. The van der Waals surface area contributed by atoms with Gasteiger partial charge in [0.15, 0.2) is 0 Å². The Morgan fingerprint density at radius 1 is 1.09 bits per heavy atom. The first-order valence-electron chi connectivity index (χ1n) is 10.5. The van der Waals surface area contributed by atoms with Gasteiger partial charge in [0, 0.05) is 31.5 Å². The summed E-state index contributed by atoms with van der Waals surface area (Å²) in [7, 11) is -1.58. The Morgan fingerprint density at radius 2 is 1.79 bits per heavy atom. The fraction of sp³-hybridized carbons (Fsp3) is 0.524. The van der Waals surface area contributed by atoms with Crippen molar-refractivity contribution in [3.63, 3.8) is 0 Å². The Hall–Kier alpha value is -2.89. The quantitative estimate of drug-likeness (QED) is 0.165. The van der Waals surface area contributed by atoms with Crippen LogP contribution >= 0.6 is 0 Å². The maximum Gasteiger partial charge on any atom is 0.326 e. The van der Waals surface area contributed by atoms with Crippen LogP contribution in [0.1, 0.15) is 19.3 Å². The summed E-state index contributed by atoms with van der Waals surface area (Å²) >= 11 is 0. The molecule has 0 aliphatic carbocycles. The first-order valence-corrected chi connectivity index (χ1v) is 12.1. The number of benzene rings is 1. The standard InChI is InChI=1S/C21H30N4O8S/c1-3-4-5-6-11-22-20(29)24-13-7-9-14(10-8-13)32-19-18(28)17(27)16(26)15(33-19)12-23-21(30)25-34(2)31/h1,7-10,15-19,26-28H,4-6,11-12H2,2H3,(H2,22,24,29)(H2,23,25,30)/t15-,16-,17+,18+,19?,34?/m1/s1. The van der Waals surface area contributed by atoms with Crippen molar-refractivity contribution >= 4 is 28.7 Å². The van der Waals surface area contributed by atoms with E-state index in [-0.39, 0.29) is 18.3 Å². The first-order chi connectivity index (χ1) is 16.2. The van der Waals surface area contributed by atoms with E-state index in [1.807, 2.05) is 0 Å². The molecule has 2 rings (SSSR count). The Balaban J connectivity index is 1.88. The van der Waals surface area contributed by atoms with Gasteiger partial charge in [0.25, 0.3) is 0 Å². The fourth-order valence-electron chi connectivity index (χ4n) is 3.02. The minimum atomic E-state index is -1.60. The number of hydrogen-bond acceptors (Lipinski definition) is 8. The largest absolute Gasteiger partial charge is 0.462 e. The molecule has 2 unspecified atom stereocenters. The third-order valence-corrected chi connectivity index (χ3v) is 5.24. The number of nitrogens with one attached hydrogen (secondary N) is 4. The minimum absolute atomic E-state index is 0.242. The van der Waals surface area contributed by atoms with Crippen LogP contribution in [0.3, 0.4) is 0 Å². The summed E-state index contributed by atoms with van der Waals surface area (Å²) < 4.78 is 24.2. The second kappa shape index (κ2) is 13.7. The zero-order chi connectivity index (χ0) is 25.1. The molecule has 1 aromatic rings. The van der Waals surface area contributed by atoms with Crippen LogP contribution in [0.2, 0.25) is 0 Å². The number of unbranched alkanes of at least 4 members (excludes halogenated alkanes) is 2. The van der Waals surface area contributed by atoms with Gasteiger partial charge in [-0.25, -0.2) is 13.8 Å². The van der Waals surface area contributed by atoms with Crippen LogP contribution in [0.4, 0.5) is 15.3 Å². The van der Waals surface area contributed by atoms with Crippen molar-refractivity contribution in [3.8, 4) is 18.1 Å². The van der Waals surface area contributed by atoms with Gasteiger partial charge in [-0.1, -0.05) is 0 Å². The van der Waals surface area contributed by atoms with E-state index in [0.717, 1.165) is 12.8 Å². The molecule has 0 bridgehead atoms. The molecular formula is C21H30N4O8S. The van der Waals surface area contributed by atoms with Crippen molar-refractivity contribution in [1.82, 2.24) is 15.4 Å². The van der Waals surface area contributed by atoms with E-state index in [0.29, 0.717) is 18.7 Å². The summed E-state index contributed by atoms with van der Waals surface area (Å²) in [4.78, 5) is 23.5. The molecule has 0 spiro atoms. The summed E-state index contributed by atoms with van der Waals surface area (Å²) in [5.74, 6) is 2.80. The second-order valence-corrected chi connectivity index (χ2v) is 8.58. The average molecular weight is 499 g/mol. The molecule has 1 saturated heterocycles. The predicted octanol–water partition coefficient (Wildman–Crippen LogP) is -0.609. The van der Waals surface area contributed by atoms with Crippen molar-refractivity contribution in [1.29, 1.82) is 0 Å². The normalized spacial score (nSPS) is 24.9. The van der Waals surface area contributed by atoms with Crippen molar-refractivity contribution < 1.29 is 38.6 Å². The van der Waals surface area contributed by atoms with Gasteiger partial charge in [-0.05, 0) is 37.1 Å². The van der Waals surface area contributed by atoms with Gasteiger partial charge in [-0.3, -0.25) is 4.72 Å². The maximum absolute atomic E-state index is 11.9. The zero-order valence-electron chi connectivity index (χ0n) is 18.6.